The maximum absolute atomic E-state index is 12.0. The molecule has 1 aliphatic heterocycles. The quantitative estimate of drug-likeness (QED) is 0.621. The van der Waals surface area contributed by atoms with Crippen LogP contribution in [0.2, 0.25) is 0 Å². The lowest BCUT2D eigenvalue weighted by atomic mass is 10.1. The number of nitro benzene ring substituents is 1. The molecule has 0 aromatic heterocycles. The van der Waals surface area contributed by atoms with Gasteiger partial charge in [-0.25, -0.2) is 4.79 Å². The molecule has 0 radical (unpaired) electrons. The van der Waals surface area contributed by atoms with Crippen LogP contribution in [-0.2, 0) is 4.74 Å². The molecule has 1 heterocycles. The van der Waals surface area contributed by atoms with Gasteiger partial charge in [-0.05, 0) is 39.3 Å². The van der Waals surface area contributed by atoms with Crippen molar-refractivity contribution in [2.45, 2.75) is 52.2 Å². The highest BCUT2D eigenvalue weighted by molar-refractivity contribution is 5.68. The van der Waals surface area contributed by atoms with Crippen LogP contribution in [0.3, 0.4) is 0 Å². The normalized spacial score (nSPS) is 15.9. The predicted octanol–water partition coefficient (Wildman–Crippen LogP) is 3.68. The fourth-order valence-corrected chi connectivity index (χ4v) is 2.58. The standard InChI is InChI=1S/C17H24N2O5/c1-12-9-13(19(21)22)11-15(10-12)23-14-5-7-18(8-6-14)16(20)24-17(2,3)4/h9-11,14H,5-8H2,1-4H3. The molecule has 1 aliphatic rings. The topological polar surface area (TPSA) is 81.9 Å². The predicted molar refractivity (Wildman–Crippen MR) is 89.3 cm³/mol. The van der Waals surface area contributed by atoms with Crippen LogP contribution in [0.15, 0.2) is 18.2 Å². The van der Waals surface area contributed by atoms with Crippen molar-refractivity contribution >= 4 is 11.8 Å². The van der Waals surface area contributed by atoms with Crippen LogP contribution >= 0.6 is 0 Å². The van der Waals surface area contributed by atoms with Gasteiger partial charge in [-0.15, -0.1) is 0 Å². The number of piperidine rings is 1. The van der Waals surface area contributed by atoms with E-state index < -0.39 is 10.5 Å². The summed E-state index contributed by atoms with van der Waals surface area (Å²) in [5.41, 5.74) is 0.298. The van der Waals surface area contributed by atoms with E-state index in [1.807, 2.05) is 20.8 Å². The zero-order valence-electron chi connectivity index (χ0n) is 14.6. The minimum absolute atomic E-state index is 0.0243. The monoisotopic (exact) mass is 336 g/mol. The molecule has 1 amide bonds. The second kappa shape index (κ2) is 7.07. The van der Waals surface area contributed by atoms with E-state index in [0.29, 0.717) is 31.7 Å². The van der Waals surface area contributed by atoms with E-state index in [0.717, 1.165) is 5.56 Å². The fraction of sp³-hybridized carbons (Fsp3) is 0.588. The Labute approximate surface area is 141 Å². The Morgan fingerprint density at radius 2 is 1.88 bits per heavy atom. The first-order chi connectivity index (χ1) is 11.1. The zero-order chi connectivity index (χ0) is 17.9. The van der Waals surface area contributed by atoms with Crippen LogP contribution in [0.5, 0.6) is 5.75 Å². The van der Waals surface area contributed by atoms with E-state index in [1.54, 1.807) is 17.9 Å². The maximum Gasteiger partial charge on any atom is 0.410 e. The largest absolute Gasteiger partial charge is 0.490 e. The highest BCUT2D eigenvalue weighted by Crippen LogP contribution is 2.26. The van der Waals surface area contributed by atoms with Crippen molar-refractivity contribution in [2.24, 2.45) is 0 Å². The molecule has 7 nitrogen and oxygen atoms in total. The third-order valence-corrected chi connectivity index (χ3v) is 3.64. The lowest BCUT2D eigenvalue weighted by molar-refractivity contribution is -0.385. The molecule has 7 heteroatoms. The summed E-state index contributed by atoms with van der Waals surface area (Å²) in [7, 11) is 0. The molecule has 0 N–H and O–H groups in total. The van der Waals surface area contributed by atoms with Gasteiger partial charge in [0.2, 0.25) is 0 Å². The van der Waals surface area contributed by atoms with Crippen molar-refractivity contribution in [3.05, 3.63) is 33.9 Å². The molecule has 1 aromatic carbocycles. The molecular weight excluding hydrogens is 312 g/mol. The van der Waals surface area contributed by atoms with E-state index in [1.165, 1.54) is 12.1 Å². The lowest BCUT2D eigenvalue weighted by Crippen LogP contribution is -2.44. The number of carbonyl (C=O) groups is 1. The van der Waals surface area contributed by atoms with E-state index in [-0.39, 0.29) is 17.9 Å². The number of amides is 1. The Morgan fingerprint density at radius 1 is 1.25 bits per heavy atom. The van der Waals surface area contributed by atoms with Gasteiger partial charge in [0.25, 0.3) is 5.69 Å². The maximum atomic E-state index is 12.0. The number of aryl methyl sites for hydroxylation is 1. The van der Waals surface area contributed by atoms with Gasteiger partial charge in [0, 0.05) is 32.0 Å². The Hall–Kier alpha value is -2.31. The summed E-state index contributed by atoms with van der Waals surface area (Å²) in [5, 5.41) is 10.9. The zero-order valence-corrected chi connectivity index (χ0v) is 14.6. The molecule has 1 aromatic rings. The summed E-state index contributed by atoms with van der Waals surface area (Å²) in [4.78, 5) is 24.2. The van der Waals surface area contributed by atoms with Crippen LogP contribution in [-0.4, -0.2) is 40.7 Å². The average molecular weight is 336 g/mol. The number of hydrogen-bond acceptors (Lipinski definition) is 5. The summed E-state index contributed by atoms with van der Waals surface area (Å²) in [6.45, 7) is 8.41. The van der Waals surface area contributed by atoms with Gasteiger partial charge in [0.15, 0.2) is 0 Å². The number of likely N-dealkylation sites (tertiary alicyclic amines) is 1. The molecule has 132 valence electrons. The molecule has 1 fully saturated rings. The Kier molecular flexibility index (Phi) is 5.31. The van der Waals surface area contributed by atoms with Crippen LogP contribution < -0.4 is 4.74 Å². The number of hydrogen-bond donors (Lipinski definition) is 0. The number of nitro groups is 1. The number of rotatable bonds is 3. The molecule has 1 saturated heterocycles. The molecule has 0 aliphatic carbocycles. The number of benzene rings is 1. The Balaban J connectivity index is 1.92. The fourth-order valence-electron chi connectivity index (χ4n) is 2.58. The number of carbonyl (C=O) groups excluding carboxylic acids is 1. The molecular formula is C17H24N2O5. The minimum Gasteiger partial charge on any atom is -0.490 e. The van der Waals surface area contributed by atoms with Crippen molar-refractivity contribution in [1.82, 2.24) is 4.90 Å². The molecule has 24 heavy (non-hydrogen) atoms. The Bertz CT molecular complexity index is 616. The first kappa shape index (κ1) is 18.0. The molecule has 0 atom stereocenters. The van der Waals surface area contributed by atoms with E-state index >= 15 is 0 Å². The van der Waals surface area contributed by atoms with Crippen molar-refractivity contribution in [2.75, 3.05) is 13.1 Å². The molecule has 0 spiro atoms. The van der Waals surface area contributed by atoms with Gasteiger partial charge in [-0.2, -0.15) is 0 Å². The second-order valence-electron chi connectivity index (χ2n) is 7.05. The molecule has 0 bridgehead atoms. The third kappa shape index (κ3) is 5.11. The number of ether oxygens (including phenoxy) is 2. The highest BCUT2D eigenvalue weighted by Gasteiger charge is 2.27. The molecule has 0 saturated carbocycles. The van der Waals surface area contributed by atoms with Gasteiger partial charge in [-0.3, -0.25) is 10.1 Å². The summed E-state index contributed by atoms with van der Waals surface area (Å²) in [6.07, 6.45) is 0.958. The van der Waals surface area contributed by atoms with Gasteiger partial charge < -0.3 is 14.4 Å². The first-order valence-corrected chi connectivity index (χ1v) is 8.05. The van der Waals surface area contributed by atoms with Gasteiger partial charge in [0.05, 0.1) is 11.0 Å². The lowest BCUT2D eigenvalue weighted by Gasteiger charge is -2.33. The number of non-ortho nitro benzene ring substituents is 1. The summed E-state index contributed by atoms with van der Waals surface area (Å²) < 4.78 is 11.2. The summed E-state index contributed by atoms with van der Waals surface area (Å²) in [5.74, 6) is 0.498. The Morgan fingerprint density at radius 3 is 2.42 bits per heavy atom. The van der Waals surface area contributed by atoms with Gasteiger partial charge in [-0.1, -0.05) is 0 Å². The summed E-state index contributed by atoms with van der Waals surface area (Å²) in [6, 6.07) is 4.73. The van der Waals surface area contributed by atoms with Gasteiger partial charge >= 0.3 is 6.09 Å². The van der Waals surface area contributed by atoms with Crippen LogP contribution in [0.25, 0.3) is 0 Å². The second-order valence-corrected chi connectivity index (χ2v) is 7.05. The van der Waals surface area contributed by atoms with Crippen LogP contribution in [0.4, 0.5) is 10.5 Å². The van der Waals surface area contributed by atoms with Crippen molar-refractivity contribution < 1.29 is 19.2 Å². The minimum atomic E-state index is -0.509. The average Bonchev–Trinajstić information content (AvgIpc) is 2.45. The highest BCUT2D eigenvalue weighted by atomic mass is 16.6. The van der Waals surface area contributed by atoms with Crippen molar-refractivity contribution in [1.29, 1.82) is 0 Å². The van der Waals surface area contributed by atoms with E-state index in [4.69, 9.17) is 9.47 Å². The number of nitrogens with zero attached hydrogens (tertiary/aromatic N) is 2. The van der Waals surface area contributed by atoms with Crippen molar-refractivity contribution in [3.8, 4) is 5.75 Å². The third-order valence-electron chi connectivity index (χ3n) is 3.64. The van der Waals surface area contributed by atoms with E-state index in [9.17, 15) is 14.9 Å². The van der Waals surface area contributed by atoms with Crippen LogP contribution in [0.1, 0.15) is 39.2 Å². The van der Waals surface area contributed by atoms with Crippen molar-refractivity contribution in [3.63, 3.8) is 0 Å². The molecule has 2 rings (SSSR count). The molecule has 0 unspecified atom stereocenters. The first-order valence-electron chi connectivity index (χ1n) is 8.05. The smallest absolute Gasteiger partial charge is 0.410 e. The van der Waals surface area contributed by atoms with Crippen LogP contribution in [0, 0.1) is 17.0 Å². The summed E-state index contributed by atoms with van der Waals surface area (Å²) >= 11 is 0. The van der Waals surface area contributed by atoms with E-state index in [2.05, 4.69) is 0 Å². The SMILES string of the molecule is Cc1cc(OC2CCN(C(=O)OC(C)(C)C)CC2)cc([N+](=O)[O-])c1. The van der Waals surface area contributed by atoms with Gasteiger partial charge in [0.1, 0.15) is 17.5 Å².